The molecule has 2 aromatic carbocycles. The second-order valence-corrected chi connectivity index (χ2v) is 4.60. The maximum atomic E-state index is 12.4. The van der Waals surface area contributed by atoms with Crippen LogP contribution in [0.3, 0.4) is 0 Å². The molecule has 5 nitrogen and oxygen atoms in total. The van der Waals surface area contributed by atoms with Gasteiger partial charge in [0, 0.05) is 0 Å². The molecule has 0 aliphatic rings. The first-order chi connectivity index (χ1) is 10.3. The van der Waals surface area contributed by atoms with E-state index < -0.39 is 0 Å². The molecule has 1 N–H and O–H groups in total. The first-order valence-corrected chi connectivity index (χ1v) is 6.59. The number of aromatic amines is 1. The molecule has 0 saturated carbocycles. The maximum absolute atomic E-state index is 12.4. The highest BCUT2D eigenvalue weighted by Crippen LogP contribution is 2.18. The molecule has 3 aromatic rings. The Bertz CT molecular complexity index is 816. The smallest absolute Gasteiger partial charge is 0.293 e. The summed E-state index contributed by atoms with van der Waals surface area (Å²) in [4.78, 5) is 12.4. The van der Waals surface area contributed by atoms with Gasteiger partial charge in [0.2, 0.25) is 0 Å². The number of nitrogens with zero attached hydrogens (tertiary/aromatic N) is 3. The van der Waals surface area contributed by atoms with E-state index >= 15 is 0 Å². The third kappa shape index (κ3) is 2.67. The lowest BCUT2D eigenvalue weighted by Gasteiger charge is -1.99. The fraction of sp³-hybridized carbons (Fsp3) is 0.0625. The molecule has 1 heterocycles. The standard InChI is InChI=1S/C16H14N4O/c1-12-15(18-17-13-8-4-2-5-9-13)16(21)20(19-12)14-10-6-3-7-11-14/h2-11,19H,1H3. The Morgan fingerprint density at radius 2 is 1.52 bits per heavy atom. The average molecular weight is 278 g/mol. The minimum absolute atomic E-state index is 0.210. The molecule has 104 valence electrons. The molecule has 0 spiro atoms. The molecule has 0 saturated heterocycles. The second-order valence-electron chi connectivity index (χ2n) is 4.60. The monoisotopic (exact) mass is 278 g/mol. The predicted octanol–water partition coefficient (Wildman–Crippen LogP) is 3.89. The molecule has 0 fully saturated rings. The maximum Gasteiger partial charge on any atom is 0.299 e. The molecule has 3 rings (SSSR count). The van der Waals surface area contributed by atoms with Gasteiger partial charge in [-0.2, -0.15) is 5.11 Å². The minimum Gasteiger partial charge on any atom is -0.293 e. The summed E-state index contributed by atoms with van der Waals surface area (Å²) in [5.41, 5.74) is 2.28. The number of hydrogen-bond donors (Lipinski definition) is 1. The van der Waals surface area contributed by atoms with Gasteiger partial charge in [-0.3, -0.25) is 9.89 Å². The first kappa shape index (κ1) is 13.1. The fourth-order valence-electron chi connectivity index (χ4n) is 2.02. The number of hydrogen-bond acceptors (Lipinski definition) is 3. The van der Waals surface area contributed by atoms with Crippen molar-refractivity contribution in [1.82, 2.24) is 9.78 Å². The van der Waals surface area contributed by atoms with Gasteiger partial charge in [-0.1, -0.05) is 36.4 Å². The summed E-state index contributed by atoms with van der Waals surface area (Å²) >= 11 is 0. The lowest BCUT2D eigenvalue weighted by molar-refractivity contribution is 0.835. The highest BCUT2D eigenvalue weighted by atomic mass is 16.1. The van der Waals surface area contributed by atoms with Gasteiger partial charge in [0.1, 0.15) is 0 Å². The zero-order chi connectivity index (χ0) is 14.7. The number of nitrogens with one attached hydrogen (secondary N) is 1. The molecule has 0 aliphatic carbocycles. The summed E-state index contributed by atoms with van der Waals surface area (Å²) in [6.45, 7) is 1.81. The van der Waals surface area contributed by atoms with Crippen molar-refractivity contribution in [3.63, 3.8) is 0 Å². The molecule has 0 radical (unpaired) electrons. The molecule has 5 heteroatoms. The summed E-state index contributed by atoms with van der Waals surface area (Å²) in [6, 6.07) is 18.7. The van der Waals surface area contributed by atoms with Crippen LogP contribution in [0.15, 0.2) is 75.7 Å². The summed E-state index contributed by atoms with van der Waals surface area (Å²) < 4.78 is 1.47. The normalized spacial score (nSPS) is 11.1. The fourth-order valence-corrected chi connectivity index (χ4v) is 2.02. The van der Waals surface area contributed by atoms with E-state index in [-0.39, 0.29) is 5.56 Å². The van der Waals surface area contributed by atoms with Crippen LogP contribution >= 0.6 is 0 Å². The van der Waals surface area contributed by atoms with Gasteiger partial charge in [0.25, 0.3) is 5.56 Å². The van der Waals surface area contributed by atoms with Gasteiger partial charge in [-0.05, 0) is 31.2 Å². The van der Waals surface area contributed by atoms with Gasteiger partial charge in [-0.25, -0.2) is 4.68 Å². The van der Waals surface area contributed by atoms with E-state index in [1.807, 2.05) is 60.7 Å². The lowest BCUT2D eigenvalue weighted by atomic mass is 10.3. The third-order valence-corrected chi connectivity index (χ3v) is 3.08. The van der Waals surface area contributed by atoms with Crippen LogP contribution in [0.5, 0.6) is 0 Å². The third-order valence-electron chi connectivity index (χ3n) is 3.08. The molecule has 0 atom stereocenters. The van der Waals surface area contributed by atoms with Crippen molar-refractivity contribution in [2.75, 3.05) is 0 Å². The van der Waals surface area contributed by atoms with Gasteiger partial charge < -0.3 is 0 Å². The lowest BCUT2D eigenvalue weighted by Crippen LogP contribution is -2.13. The molecular weight excluding hydrogens is 264 g/mol. The zero-order valence-electron chi connectivity index (χ0n) is 11.5. The molecular formula is C16H14N4O. The van der Waals surface area contributed by atoms with Crippen LogP contribution in [0, 0.1) is 6.92 Å². The Morgan fingerprint density at radius 1 is 0.905 bits per heavy atom. The van der Waals surface area contributed by atoms with Crippen LogP contribution in [0.2, 0.25) is 0 Å². The summed E-state index contributed by atoms with van der Waals surface area (Å²) in [6.07, 6.45) is 0. The number of aromatic nitrogens is 2. The Morgan fingerprint density at radius 3 is 2.19 bits per heavy atom. The van der Waals surface area contributed by atoms with Crippen LogP contribution in [0.1, 0.15) is 5.69 Å². The van der Waals surface area contributed by atoms with E-state index in [9.17, 15) is 4.79 Å². The average Bonchev–Trinajstić information content (AvgIpc) is 2.82. The zero-order valence-corrected chi connectivity index (χ0v) is 11.5. The van der Waals surface area contributed by atoms with Crippen molar-refractivity contribution >= 4 is 11.4 Å². The van der Waals surface area contributed by atoms with Crippen LogP contribution in [0.25, 0.3) is 5.69 Å². The van der Waals surface area contributed by atoms with Crippen molar-refractivity contribution in [3.05, 3.63) is 76.7 Å². The molecule has 0 aliphatic heterocycles. The Labute approximate surface area is 121 Å². The van der Waals surface area contributed by atoms with Crippen LogP contribution in [-0.4, -0.2) is 9.78 Å². The summed E-state index contributed by atoms with van der Waals surface area (Å²) in [5.74, 6) is 0. The molecule has 0 amide bonds. The largest absolute Gasteiger partial charge is 0.299 e. The van der Waals surface area contributed by atoms with Gasteiger partial charge in [0.05, 0.1) is 17.1 Å². The number of azo groups is 1. The topological polar surface area (TPSA) is 62.5 Å². The highest BCUT2D eigenvalue weighted by Gasteiger charge is 2.11. The Kier molecular flexibility index (Phi) is 3.47. The Balaban J connectivity index is 2.00. The van der Waals surface area contributed by atoms with Crippen molar-refractivity contribution in [2.24, 2.45) is 10.2 Å². The van der Waals surface area contributed by atoms with E-state index in [1.165, 1.54) is 4.68 Å². The first-order valence-electron chi connectivity index (χ1n) is 6.59. The molecule has 0 bridgehead atoms. The number of rotatable bonds is 3. The number of para-hydroxylation sites is 1. The van der Waals surface area contributed by atoms with Gasteiger partial charge in [0.15, 0.2) is 5.69 Å². The van der Waals surface area contributed by atoms with Crippen molar-refractivity contribution in [3.8, 4) is 5.69 Å². The summed E-state index contributed by atoms with van der Waals surface area (Å²) in [7, 11) is 0. The predicted molar refractivity (Wildman–Crippen MR) is 81.7 cm³/mol. The van der Waals surface area contributed by atoms with Crippen LogP contribution < -0.4 is 5.56 Å². The summed E-state index contributed by atoms with van der Waals surface area (Å²) in [5, 5.41) is 11.2. The van der Waals surface area contributed by atoms with E-state index in [1.54, 1.807) is 6.92 Å². The van der Waals surface area contributed by atoms with Crippen LogP contribution in [-0.2, 0) is 0 Å². The number of aryl methyl sites for hydroxylation is 1. The second kappa shape index (κ2) is 5.58. The molecule has 21 heavy (non-hydrogen) atoms. The van der Waals surface area contributed by atoms with Crippen LogP contribution in [0.4, 0.5) is 11.4 Å². The molecule has 1 aromatic heterocycles. The minimum atomic E-state index is -0.210. The van der Waals surface area contributed by atoms with Crippen molar-refractivity contribution in [1.29, 1.82) is 0 Å². The van der Waals surface area contributed by atoms with E-state index in [4.69, 9.17) is 0 Å². The van der Waals surface area contributed by atoms with Gasteiger partial charge in [-0.15, -0.1) is 5.11 Å². The quantitative estimate of drug-likeness (QED) is 0.726. The SMILES string of the molecule is Cc1[nH]n(-c2ccccc2)c(=O)c1N=Nc1ccccc1. The van der Waals surface area contributed by atoms with Crippen molar-refractivity contribution in [2.45, 2.75) is 6.92 Å². The highest BCUT2D eigenvalue weighted by molar-refractivity contribution is 5.44. The van der Waals surface area contributed by atoms with E-state index in [2.05, 4.69) is 15.3 Å². The van der Waals surface area contributed by atoms with E-state index in [0.29, 0.717) is 17.1 Å². The van der Waals surface area contributed by atoms with E-state index in [0.717, 1.165) is 5.69 Å². The number of H-pyrrole nitrogens is 1. The number of benzene rings is 2. The Hall–Kier alpha value is -2.95. The molecule has 0 unspecified atom stereocenters. The van der Waals surface area contributed by atoms with Gasteiger partial charge >= 0.3 is 0 Å². The van der Waals surface area contributed by atoms with Crippen molar-refractivity contribution < 1.29 is 0 Å².